The van der Waals surface area contributed by atoms with Crippen LogP contribution in [0.25, 0.3) is 0 Å². The van der Waals surface area contributed by atoms with Gasteiger partial charge in [-0.15, -0.1) is 0 Å². The normalized spacial score (nSPS) is 14.0. The minimum absolute atomic E-state index is 0.0845. The zero-order valence-corrected chi connectivity index (χ0v) is 17.0. The maximum Gasteiger partial charge on any atom is 0.226 e. The summed E-state index contributed by atoms with van der Waals surface area (Å²) in [5.74, 6) is -0.307. The standard InChI is InChI=1S/C22H27FN4O2/c1-3-21(28)25(2)18-6-8-19(9-7-18)26-12-14-27(15-13-26)22(29)11-5-17-4-10-20(23)24-16-17/h4,6-10,16H,3,5,11-15H2,1-2H3. The first-order valence-electron chi connectivity index (χ1n) is 9.97. The Labute approximate surface area is 170 Å². The average Bonchev–Trinajstić information content (AvgIpc) is 2.77. The Hall–Kier alpha value is -2.96. The fourth-order valence-corrected chi connectivity index (χ4v) is 3.45. The first kappa shape index (κ1) is 20.8. The molecule has 0 saturated carbocycles. The summed E-state index contributed by atoms with van der Waals surface area (Å²) in [5.41, 5.74) is 2.84. The second-order valence-corrected chi connectivity index (χ2v) is 7.18. The summed E-state index contributed by atoms with van der Waals surface area (Å²) in [5, 5.41) is 0. The molecule has 7 heteroatoms. The molecule has 0 bridgehead atoms. The topological polar surface area (TPSA) is 56.8 Å². The first-order valence-corrected chi connectivity index (χ1v) is 9.97. The molecule has 29 heavy (non-hydrogen) atoms. The Morgan fingerprint density at radius 2 is 1.76 bits per heavy atom. The van der Waals surface area contributed by atoms with E-state index in [1.807, 2.05) is 36.1 Å². The van der Waals surface area contributed by atoms with Gasteiger partial charge in [0.1, 0.15) is 0 Å². The third-order valence-electron chi connectivity index (χ3n) is 5.33. The van der Waals surface area contributed by atoms with Gasteiger partial charge in [0.25, 0.3) is 0 Å². The van der Waals surface area contributed by atoms with Crippen LogP contribution in [0.2, 0.25) is 0 Å². The van der Waals surface area contributed by atoms with E-state index in [0.717, 1.165) is 30.0 Å². The van der Waals surface area contributed by atoms with Gasteiger partial charge < -0.3 is 14.7 Å². The van der Waals surface area contributed by atoms with Gasteiger partial charge in [-0.3, -0.25) is 9.59 Å². The monoisotopic (exact) mass is 398 g/mol. The molecule has 154 valence electrons. The molecule has 3 rings (SSSR count). The van der Waals surface area contributed by atoms with E-state index in [4.69, 9.17) is 0 Å². The number of pyridine rings is 1. The highest BCUT2D eigenvalue weighted by atomic mass is 19.1. The number of carbonyl (C=O) groups is 2. The van der Waals surface area contributed by atoms with Crippen molar-refractivity contribution >= 4 is 23.2 Å². The van der Waals surface area contributed by atoms with E-state index in [1.54, 1.807) is 18.0 Å². The van der Waals surface area contributed by atoms with E-state index in [-0.39, 0.29) is 11.8 Å². The smallest absolute Gasteiger partial charge is 0.226 e. The van der Waals surface area contributed by atoms with E-state index in [2.05, 4.69) is 9.88 Å². The molecule has 1 aliphatic heterocycles. The molecular formula is C22H27FN4O2. The lowest BCUT2D eigenvalue weighted by Gasteiger charge is -2.36. The molecule has 0 radical (unpaired) electrons. The number of aryl methyl sites for hydroxylation is 1. The summed E-state index contributed by atoms with van der Waals surface area (Å²) in [4.78, 5) is 33.7. The number of anilines is 2. The Balaban J connectivity index is 1.49. The van der Waals surface area contributed by atoms with Gasteiger partial charge in [0, 0.05) is 63.6 Å². The summed E-state index contributed by atoms with van der Waals surface area (Å²) in [6.07, 6.45) is 2.93. The number of amides is 2. The molecule has 1 fully saturated rings. The van der Waals surface area contributed by atoms with Crippen LogP contribution in [-0.4, -0.2) is 54.9 Å². The van der Waals surface area contributed by atoms with Gasteiger partial charge in [-0.05, 0) is 42.3 Å². The minimum atomic E-state index is -0.507. The molecule has 2 heterocycles. The molecule has 0 N–H and O–H groups in total. The molecule has 0 unspecified atom stereocenters. The second kappa shape index (κ2) is 9.49. The maximum absolute atomic E-state index is 12.9. The van der Waals surface area contributed by atoms with E-state index in [0.29, 0.717) is 32.4 Å². The van der Waals surface area contributed by atoms with Crippen LogP contribution in [-0.2, 0) is 16.0 Å². The first-order chi connectivity index (χ1) is 14.0. The zero-order valence-electron chi connectivity index (χ0n) is 17.0. The molecule has 1 saturated heterocycles. The Morgan fingerprint density at radius 1 is 1.07 bits per heavy atom. The molecule has 1 aromatic heterocycles. The van der Waals surface area contributed by atoms with E-state index >= 15 is 0 Å². The lowest BCUT2D eigenvalue weighted by Crippen LogP contribution is -2.48. The largest absolute Gasteiger partial charge is 0.368 e. The van der Waals surface area contributed by atoms with Crippen LogP contribution in [0, 0.1) is 5.95 Å². The van der Waals surface area contributed by atoms with E-state index < -0.39 is 5.95 Å². The van der Waals surface area contributed by atoms with Crippen molar-refractivity contribution in [3.8, 4) is 0 Å². The number of nitrogens with zero attached hydrogens (tertiary/aromatic N) is 4. The van der Waals surface area contributed by atoms with Crippen LogP contribution in [0.15, 0.2) is 42.6 Å². The summed E-state index contributed by atoms with van der Waals surface area (Å²) in [7, 11) is 1.78. The van der Waals surface area contributed by atoms with Gasteiger partial charge >= 0.3 is 0 Å². The van der Waals surface area contributed by atoms with Crippen molar-refractivity contribution in [2.45, 2.75) is 26.2 Å². The van der Waals surface area contributed by atoms with Gasteiger partial charge in [0.15, 0.2) is 0 Å². The summed E-state index contributed by atoms with van der Waals surface area (Å²) >= 11 is 0. The number of benzene rings is 1. The van der Waals surface area contributed by atoms with Crippen molar-refractivity contribution in [1.29, 1.82) is 0 Å². The van der Waals surface area contributed by atoms with E-state index in [9.17, 15) is 14.0 Å². The van der Waals surface area contributed by atoms with Crippen LogP contribution in [0.5, 0.6) is 0 Å². The molecule has 6 nitrogen and oxygen atoms in total. The zero-order chi connectivity index (χ0) is 20.8. The van der Waals surface area contributed by atoms with Crippen molar-refractivity contribution in [1.82, 2.24) is 9.88 Å². The van der Waals surface area contributed by atoms with Crippen LogP contribution >= 0.6 is 0 Å². The summed E-state index contributed by atoms with van der Waals surface area (Å²) < 4.78 is 12.9. The minimum Gasteiger partial charge on any atom is -0.368 e. The fourth-order valence-electron chi connectivity index (χ4n) is 3.45. The third kappa shape index (κ3) is 5.31. The van der Waals surface area contributed by atoms with Gasteiger partial charge in [0.05, 0.1) is 0 Å². The lowest BCUT2D eigenvalue weighted by atomic mass is 10.1. The Kier molecular flexibility index (Phi) is 6.80. The molecule has 0 atom stereocenters. The van der Waals surface area contributed by atoms with Crippen LogP contribution in [0.4, 0.5) is 15.8 Å². The van der Waals surface area contributed by atoms with Gasteiger partial charge in [-0.25, -0.2) is 4.98 Å². The summed E-state index contributed by atoms with van der Waals surface area (Å²) in [6, 6.07) is 10.9. The van der Waals surface area contributed by atoms with E-state index in [1.165, 1.54) is 12.3 Å². The number of aromatic nitrogens is 1. The number of rotatable bonds is 6. The molecule has 0 spiro atoms. The quantitative estimate of drug-likeness (QED) is 0.702. The molecule has 1 aromatic carbocycles. The van der Waals surface area contributed by atoms with Crippen molar-refractivity contribution in [2.24, 2.45) is 0 Å². The highest BCUT2D eigenvalue weighted by Crippen LogP contribution is 2.22. The average molecular weight is 398 g/mol. The number of piperazine rings is 1. The lowest BCUT2D eigenvalue weighted by molar-refractivity contribution is -0.131. The maximum atomic E-state index is 12.9. The highest BCUT2D eigenvalue weighted by molar-refractivity contribution is 5.92. The number of hydrogen-bond donors (Lipinski definition) is 0. The van der Waals surface area contributed by atoms with Crippen LogP contribution in [0.1, 0.15) is 25.3 Å². The van der Waals surface area contributed by atoms with Gasteiger partial charge in [0.2, 0.25) is 17.8 Å². The van der Waals surface area contributed by atoms with Gasteiger partial charge in [-0.1, -0.05) is 13.0 Å². The second-order valence-electron chi connectivity index (χ2n) is 7.18. The molecule has 1 aliphatic rings. The predicted molar refractivity (Wildman–Crippen MR) is 111 cm³/mol. The number of halogens is 1. The molecule has 0 aliphatic carbocycles. The molecular weight excluding hydrogens is 371 g/mol. The summed E-state index contributed by atoms with van der Waals surface area (Å²) in [6.45, 7) is 4.75. The number of hydrogen-bond acceptors (Lipinski definition) is 4. The fraction of sp³-hybridized carbons (Fsp3) is 0.409. The van der Waals surface area contributed by atoms with Gasteiger partial charge in [-0.2, -0.15) is 4.39 Å². The highest BCUT2D eigenvalue weighted by Gasteiger charge is 2.21. The van der Waals surface area contributed by atoms with Crippen molar-refractivity contribution in [2.75, 3.05) is 43.0 Å². The molecule has 2 aromatic rings. The van der Waals surface area contributed by atoms with Crippen LogP contribution in [0.3, 0.4) is 0 Å². The predicted octanol–water partition coefficient (Wildman–Crippen LogP) is 2.87. The van der Waals surface area contributed by atoms with Crippen LogP contribution < -0.4 is 9.80 Å². The Bertz CT molecular complexity index is 831. The number of carbonyl (C=O) groups excluding carboxylic acids is 2. The Morgan fingerprint density at radius 3 is 2.34 bits per heavy atom. The van der Waals surface area contributed by atoms with Crippen molar-refractivity contribution in [3.05, 3.63) is 54.1 Å². The molecule has 2 amide bonds. The van der Waals surface area contributed by atoms with Crippen molar-refractivity contribution in [3.63, 3.8) is 0 Å². The third-order valence-corrected chi connectivity index (χ3v) is 5.33. The SMILES string of the molecule is CCC(=O)N(C)c1ccc(N2CCN(C(=O)CCc3ccc(F)nc3)CC2)cc1. The van der Waals surface area contributed by atoms with Crippen molar-refractivity contribution < 1.29 is 14.0 Å².